The van der Waals surface area contributed by atoms with Gasteiger partial charge < -0.3 is 0 Å². The molecule has 0 saturated heterocycles. The van der Waals surface area contributed by atoms with Gasteiger partial charge in [0.25, 0.3) is 0 Å². The van der Waals surface area contributed by atoms with Crippen molar-refractivity contribution in [2.45, 2.75) is 52.4 Å². The van der Waals surface area contributed by atoms with E-state index in [2.05, 4.69) is 6.92 Å². The number of rotatable bonds is 3. The zero-order valence-corrected chi connectivity index (χ0v) is 8.31. The minimum absolute atomic E-state index is 0.299. The summed E-state index contributed by atoms with van der Waals surface area (Å²) in [5.41, 5.74) is 0. The first-order chi connectivity index (χ1) is 5.70. The van der Waals surface area contributed by atoms with Crippen LogP contribution in [0.3, 0.4) is 0 Å². The molecule has 0 bridgehead atoms. The first kappa shape index (κ1) is 9.76. The van der Waals surface area contributed by atoms with Gasteiger partial charge in [-0.15, -0.1) is 0 Å². The van der Waals surface area contributed by atoms with E-state index in [0.717, 1.165) is 12.3 Å². The van der Waals surface area contributed by atoms with Gasteiger partial charge in [-0.05, 0) is 19.3 Å². The van der Waals surface area contributed by atoms with Crippen LogP contribution in [0.15, 0.2) is 0 Å². The molecule has 0 N–H and O–H groups in total. The summed E-state index contributed by atoms with van der Waals surface area (Å²) in [6.07, 6.45) is 8.03. The second-order valence-electron chi connectivity index (χ2n) is 4.25. The van der Waals surface area contributed by atoms with Crippen LogP contribution < -0.4 is 0 Å². The predicted octanol–water partition coefficient (Wildman–Crippen LogP) is 3.18. The van der Waals surface area contributed by atoms with E-state index in [4.69, 9.17) is 0 Å². The van der Waals surface area contributed by atoms with Gasteiger partial charge in [-0.2, -0.15) is 0 Å². The molecular formula is C11H20O. The summed E-state index contributed by atoms with van der Waals surface area (Å²) in [5, 5.41) is 0. The summed E-state index contributed by atoms with van der Waals surface area (Å²) in [7, 11) is 0. The quantitative estimate of drug-likeness (QED) is 0.632. The summed E-state index contributed by atoms with van der Waals surface area (Å²) in [5.74, 6) is 1.51. The van der Waals surface area contributed by atoms with Crippen molar-refractivity contribution in [3.8, 4) is 0 Å². The highest BCUT2D eigenvalue weighted by Gasteiger charge is 2.18. The smallest absolute Gasteiger partial charge is 0.132 e. The second kappa shape index (κ2) is 4.64. The second-order valence-corrected chi connectivity index (χ2v) is 4.25. The lowest BCUT2D eigenvalue weighted by molar-refractivity contribution is -0.120. The maximum Gasteiger partial charge on any atom is 0.132 e. The minimum Gasteiger partial charge on any atom is -0.300 e. The van der Waals surface area contributed by atoms with Gasteiger partial charge in [0.1, 0.15) is 5.78 Å². The molecule has 1 nitrogen and oxygen atoms in total. The fraction of sp³-hybridized carbons (Fsp3) is 0.909. The summed E-state index contributed by atoms with van der Waals surface area (Å²) < 4.78 is 0. The van der Waals surface area contributed by atoms with E-state index < -0.39 is 0 Å². The molecule has 0 amide bonds. The zero-order valence-electron chi connectivity index (χ0n) is 8.31. The molecule has 1 rings (SSSR count). The zero-order chi connectivity index (χ0) is 8.97. The summed E-state index contributed by atoms with van der Waals surface area (Å²) in [6, 6.07) is 0. The van der Waals surface area contributed by atoms with E-state index >= 15 is 0 Å². The lowest BCUT2D eigenvalue weighted by Gasteiger charge is -2.23. The molecule has 0 aliphatic heterocycles. The van der Waals surface area contributed by atoms with Crippen LogP contribution in [0.1, 0.15) is 52.4 Å². The number of ketones is 1. The molecule has 0 aromatic rings. The topological polar surface area (TPSA) is 17.1 Å². The van der Waals surface area contributed by atoms with Crippen LogP contribution in [0.25, 0.3) is 0 Å². The molecule has 70 valence electrons. The lowest BCUT2D eigenvalue weighted by Crippen LogP contribution is -2.15. The minimum atomic E-state index is 0.299. The van der Waals surface area contributed by atoms with Crippen LogP contribution in [0.5, 0.6) is 0 Å². The molecule has 0 aromatic carbocycles. The summed E-state index contributed by atoms with van der Waals surface area (Å²) in [6.45, 7) is 3.78. The molecule has 1 saturated carbocycles. The highest BCUT2D eigenvalue weighted by Crippen LogP contribution is 2.29. The Morgan fingerprint density at radius 2 is 1.92 bits per heavy atom. The normalized spacial score (nSPS) is 22.2. The fourth-order valence-electron chi connectivity index (χ4n) is 2.09. The molecule has 0 aromatic heterocycles. The van der Waals surface area contributed by atoms with Crippen molar-refractivity contribution in [3.05, 3.63) is 0 Å². The van der Waals surface area contributed by atoms with Crippen molar-refractivity contribution < 1.29 is 4.79 Å². The van der Waals surface area contributed by atoms with E-state index in [1.54, 1.807) is 6.92 Å². The van der Waals surface area contributed by atoms with E-state index in [-0.39, 0.29) is 0 Å². The summed E-state index contributed by atoms with van der Waals surface area (Å²) >= 11 is 0. The van der Waals surface area contributed by atoms with Gasteiger partial charge in [-0.3, -0.25) is 4.79 Å². The Morgan fingerprint density at radius 1 is 1.33 bits per heavy atom. The van der Waals surface area contributed by atoms with Crippen LogP contribution in [0.4, 0.5) is 0 Å². The molecule has 1 aliphatic rings. The molecule has 0 spiro atoms. The van der Waals surface area contributed by atoms with Gasteiger partial charge in [0.15, 0.2) is 0 Å². The molecule has 0 heterocycles. The van der Waals surface area contributed by atoms with Gasteiger partial charge in [-0.25, -0.2) is 0 Å². The molecule has 1 atom stereocenters. The SMILES string of the molecule is CC(=O)C(C)CC1CCCCC1. The van der Waals surface area contributed by atoms with Gasteiger partial charge in [0.05, 0.1) is 0 Å². The maximum atomic E-state index is 11.0. The van der Waals surface area contributed by atoms with Crippen LogP contribution in [0.2, 0.25) is 0 Å². The summed E-state index contributed by atoms with van der Waals surface area (Å²) in [4.78, 5) is 11.0. The molecule has 1 fully saturated rings. The highest BCUT2D eigenvalue weighted by atomic mass is 16.1. The largest absolute Gasteiger partial charge is 0.300 e. The Balaban J connectivity index is 2.24. The fourth-order valence-corrected chi connectivity index (χ4v) is 2.09. The Bertz CT molecular complexity index is 145. The van der Waals surface area contributed by atoms with Crippen LogP contribution >= 0.6 is 0 Å². The van der Waals surface area contributed by atoms with Crippen molar-refractivity contribution in [1.82, 2.24) is 0 Å². The number of carbonyl (C=O) groups is 1. The number of carbonyl (C=O) groups excluding carboxylic acids is 1. The lowest BCUT2D eigenvalue weighted by atomic mass is 9.82. The van der Waals surface area contributed by atoms with Gasteiger partial charge >= 0.3 is 0 Å². The average molecular weight is 168 g/mol. The number of hydrogen-bond acceptors (Lipinski definition) is 1. The molecule has 1 aliphatic carbocycles. The molecule has 0 radical (unpaired) electrons. The number of Topliss-reactive ketones (excluding diaryl/α,β-unsaturated/α-hetero) is 1. The predicted molar refractivity (Wildman–Crippen MR) is 51.0 cm³/mol. The molecule has 1 heteroatoms. The highest BCUT2D eigenvalue weighted by molar-refractivity contribution is 5.77. The van der Waals surface area contributed by atoms with E-state index in [1.165, 1.54) is 32.1 Å². The van der Waals surface area contributed by atoms with E-state index in [9.17, 15) is 4.79 Å². The van der Waals surface area contributed by atoms with Crippen molar-refractivity contribution in [3.63, 3.8) is 0 Å². The molecule has 1 unspecified atom stereocenters. The monoisotopic (exact) mass is 168 g/mol. The third-order valence-electron chi connectivity index (χ3n) is 3.11. The van der Waals surface area contributed by atoms with Gasteiger partial charge in [0.2, 0.25) is 0 Å². The van der Waals surface area contributed by atoms with Crippen LogP contribution in [-0.2, 0) is 4.79 Å². The van der Waals surface area contributed by atoms with Crippen molar-refractivity contribution in [2.75, 3.05) is 0 Å². The Morgan fingerprint density at radius 3 is 2.42 bits per heavy atom. The Kier molecular flexibility index (Phi) is 3.77. The Labute approximate surface area is 75.5 Å². The standard InChI is InChI=1S/C11H20O/c1-9(10(2)12)8-11-6-4-3-5-7-11/h9,11H,3-8H2,1-2H3. The third kappa shape index (κ3) is 2.96. The van der Waals surface area contributed by atoms with Crippen molar-refractivity contribution in [2.24, 2.45) is 11.8 Å². The molecule has 12 heavy (non-hydrogen) atoms. The third-order valence-corrected chi connectivity index (χ3v) is 3.11. The van der Waals surface area contributed by atoms with Gasteiger partial charge in [0, 0.05) is 5.92 Å². The van der Waals surface area contributed by atoms with E-state index in [0.29, 0.717) is 11.7 Å². The van der Waals surface area contributed by atoms with Crippen LogP contribution in [-0.4, -0.2) is 5.78 Å². The molecular weight excluding hydrogens is 148 g/mol. The van der Waals surface area contributed by atoms with Crippen LogP contribution in [0, 0.1) is 11.8 Å². The average Bonchev–Trinajstić information content (AvgIpc) is 2.06. The van der Waals surface area contributed by atoms with Crippen molar-refractivity contribution in [1.29, 1.82) is 0 Å². The maximum absolute atomic E-state index is 11.0. The number of hydrogen-bond donors (Lipinski definition) is 0. The Hall–Kier alpha value is -0.330. The first-order valence-corrected chi connectivity index (χ1v) is 5.20. The van der Waals surface area contributed by atoms with E-state index in [1.807, 2.05) is 0 Å². The first-order valence-electron chi connectivity index (χ1n) is 5.20. The van der Waals surface area contributed by atoms with Crippen molar-refractivity contribution >= 4 is 5.78 Å². The van der Waals surface area contributed by atoms with Gasteiger partial charge in [-0.1, -0.05) is 39.0 Å².